The summed E-state index contributed by atoms with van der Waals surface area (Å²) in [6.45, 7) is 7.31. The Hall–Kier alpha value is -0.500. The van der Waals surface area contributed by atoms with Crippen molar-refractivity contribution in [2.45, 2.75) is 26.2 Å². The standard InChI is InChI=1S/C12H17BrO/c1-12(2,3)10-6-4-5-7-11(10)14-9-8-13/h4-7H,8-9H2,1-3H3. The summed E-state index contributed by atoms with van der Waals surface area (Å²) in [5.41, 5.74) is 1.41. The molecule has 0 bridgehead atoms. The van der Waals surface area contributed by atoms with Crippen LogP contribution in [0.4, 0.5) is 0 Å². The lowest BCUT2D eigenvalue weighted by molar-refractivity contribution is 0.334. The van der Waals surface area contributed by atoms with Crippen LogP contribution in [0.1, 0.15) is 26.3 Å². The van der Waals surface area contributed by atoms with Gasteiger partial charge in [-0.1, -0.05) is 54.9 Å². The number of ether oxygens (including phenoxy) is 1. The van der Waals surface area contributed by atoms with Gasteiger partial charge in [-0.25, -0.2) is 0 Å². The average Bonchev–Trinajstić information content (AvgIpc) is 2.14. The van der Waals surface area contributed by atoms with Gasteiger partial charge in [0.15, 0.2) is 0 Å². The van der Waals surface area contributed by atoms with E-state index in [9.17, 15) is 0 Å². The van der Waals surface area contributed by atoms with E-state index in [4.69, 9.17) is 4.74 Å². The minimum Gasteiger partial charge on any atom is -0.492 e. The minimum absolute atomic E-state index is 0.142. The Morgan fingerprint density at radius 1 is 1.21 bits per heavy atom. The molecule has 0 saturated heterocycles. The highest BCUT2D eigenvalue weighted by molar-refractivity contribution is 9.09. The summed E-state index contributed by atoms with van der Waals surface area (Å²) < 4.78 is 5.67. The van der Waals surface area contributed by atoms with Crippen molar-refractivity contribution >= 4 is 15.9 Å². The number of benzene rings is 1. The first-order chi connectivity index (χ1) is 6.55. The van der Waals surface area contributed by atoms with Crippen LogP contribution in [0.5, 0.6) is 5.75 Å². The summed E-state index contributed by atoms with van der Waals surface area (Å²) in [4.78, 5) is 0. The molecule has 0 heterocycles. The van der Waals surface area contributed by atoms with Crippen molar-refractivity contribution < 1.29 is 4.74 Å². The summed E-state index contributed by atoms with van der Waals surface area (Å²) in [6.07, 6.45) is 0. The van der Waals surface area contributed by atoms with Crippen LogP contribution >= 0.6 is 15.9 Å². The second-order valence-corrected chi connectivity index (χ2v) is 5.08. The van der Waals surface area contributed by atoms with Gasteiger partial charge in [-0.15, -0.1) is 0 Å². The molecule has 78 valence electrons. The van der Waals surface area contributed by atoms with E-state index < -0.39 is 0 Å². The van der Waals surface area contributed by atoms with Crippen LogP contribution in [-0.4, -0.2) is 11.9 Å². The maximum absolute atomic E-state index is 5.67. The molecule has 0 N–H and O–H groups in total. The van der Waals surface area contributed by atoms with E-state index >= 15 is 0 Å². The smallest absolute Gasteiger partial charge is 0.123 e. The fourth-order valence-electron chi connectivity index (χ4n) is 1.36. The third-order valence-electron chi connectivity index (χ3n) is 2.03. The Bertz CT molecular complexity index is 289. The fourth-order valence-corrected chi connectivity index (χ4v) is 1.52. The van der Waals surface area contributed by atoms with E-state index in [2.05, 4.69) is 48.8 Å². The third-order valence-corrected chi connectivity index (χ3v) is 2.35. The van der Waals surface area contributed by atoms with E-state index in [0.29, 0.717) is 6.61 Å². The molecule has 2 heteroatoms. The van der Waals surface area contributed by atoms with E-state index in [0.717, 1.165) is 11.1 Å². The van der Waals surface area contributed by atoms with Gasteiger partial charge < -0.3 is 4.74 Å². The molecule has 0 aliphatic heterocycles. The molecule has 0 spiro atoms. The first-order valence-corrected chi connectivity index (χ1v) is 5.96. The molecule has 1 rings (SSSR count). The van der Waals surface area contributed by atoms with Gasteiger partial charge in [-0.05, 0) is 17.0 Å². The number of para-hydroxylation sites is 1. The Kier molecular flexibility index (Phi) is 3.99. The fraction of sp³-hybridized carbons (Fsp3) is 0.500. The highest BCUT2D eigenvalue weighted by Gasteiger charge is 2.17. The Balaban J connectivity index is 2.92. The van der Waals surface area contributed by atoms with Crippen molar-refractivity contribution in [1.29, 1.82) is 0 Å². The van der Waals surface area contributed by atoms with Crippen LogP contribution in [0.15, 0.2) is 24.3 Å². The Morgan fingerprint density at radius 3 is 2.43 bits per heavy atom. The van der Waals surface area contributed by atoms with Gasteiger partial charge in [0.25, 0.3) is 0 Å². The van der Waals surface area contributed by atoms with Gasteiger partial charge in [0.1, 0.15) is 5.75 Å². The molecule has 0 aliphatic carbocycles. The molecule has 0 aromatic heterocycles. The number of halogens is 1. The van der Waals surface area contributed by atoms with Crippen LogP contribution in [-0.2, 0) is 5.41 Å². The quantitative estimate of drug-likeness (QED) is 0.749. The zero-order valence-electron chi connectivity index (χ0n) is 9.01. The van der Waals surface area contributed by atoms with Gasteiger partial charge in [-0.3, -0.25) is 0 Å². The molecule has 0 fully saturated rings. The molecule has 14 heavy (non-hydrogen) atoms. The first kappa shape index (κ1) is 11.6. The molecule has 0 saturated carbocycles. The SMILES string of the molecule is CC(C)(C)c1ccccc1OCCBr. The average molecular weight is 257 g/mol. The zero-order valence-corrected chi connectivity index (χ0v) is 10.6. The maximum atomic E-state index is 5.67. The predicted octanol–water partition coefficient (Wildman–Crippen LogP) is 3.76. The van der Waals surface area contributed by atoms with Crippen LogP contribution in [0.3, 0.4) is 0 Å². The molecular formula is C12H17BrO. The lowest BCUT2D eigenvalue weighted by Gasteiger charge is -2.22. The van der Waals surface area contributed by atoms with Crippen molar-refractivity contribution in [2.24, 2.45) is 0 Å². The topological polar surface area (TPSA) is 9.23 Å². The monoisotopic (exact) mass is 256 g/mol. The highest BCUT2D eigenvalue weighted by Crippen LogP contribution is 2.30. The normalized spacial score (nSPS) is 11.4. The number of rotatable bonds is 3. The molecule has 0 amide bonds. The molecular weight excluding hydrogens is 240 g/mol. The summed E-state index contributed by atoms with van der Waals surface area (Å²) >= 11 is 3.36. The second kappa shape index (κ2) is 4.83. The molecule has 1 aromatic carbocycles. The Labute approximate surface area is 94.6 Å². The van der Waals surface area contributed by atoms with Gasteiger partial charge >= 0.3 is 0 Å². The van der Waals surface area contributed by atoms with Gasteiger partial charge in [0.05, 0.1) is 6.61 Å². The summed E-state index contributed by atoms with van der Waals surface area (Å²) in [5, 5.41) is 0.867. The maximum Gasteiger partial charge on any atom is 0.123 e. The van der Waals surface area contributed by atoms with Crippen molar-refractivity contribution in [1.82, 2.24) is 0 Å². The van der Waals surface area contributed by atoms with E-state index in [1.165, 1.54) is 5.56 Å². The lowest BCUT2D eigenvalue weighted by Crippen LogP contribution is -2.13. The predicted molar refractivity (Wildman–Crippen MR) is 64.4 cm³/mol. The van der Waals surface area contributed by atoms with Gasteiger partial charge in [-0.2, -0.15) is 0 Å². The second-order valence-electron chi connectivity index (χ2n) is 4.28. The zero-order chi connectivity index (χ0) is 10.6. The van der Waals surface area contributed by atoms with E-state index in [-0.39, 0.29) is 5.41 Å². The molecule has 0 radical (unpaired) electrons. The van der Waals surface area contributed by atoms with Crippen molar-refractivity contribution in [3.63, 3.8) is 0 Å². The van der Waals surface area contributed by atoms with Crippen LogP contribution in [0.25, 0.3) is 0 Å². The third kappa shape index (κ3) is 3.02. The van der Waals surface area contributed by atoms with Crippen LogP contribution in [0.2, 0.25) is 0 Å². The minimum atomic E-state index is 0.142. The van der Waals surface area contributed by atoms with Crippen LogP contribution < -0.4 is 4.74 Å². The van der Waals surface area contributed by atoms with E-state index in [1.807, 2.05) is 12.1 Å². The molecule has 0 unspecified atom stereocenters. The first-order valence-electron chi connectivity index (χ1n) is 4.84. The molecule has 0 atom stereocenters. The molecule has 0 aliphatic rings. The summed E-state index contributed by atoms with van der Waals surface area (Å²) in [7, 11) is 0. The number of hydrogen-bond acceptors (Lipinski definition) is 1. The number of alkyl halides is 1. The van der Waals surface area contributed by atoms with Gasteiger partial charge in [0, 0.05) is 5.33 Å². The van der Waals surface area contributed by atoms with E-state index in [1.54, 1.807) is 0 Å². The summed E-state index contributed by atoms with van der Waals surface area (Å²) in [6, 6.07) is 8.23. The summed E-state index contributed by atoms with van der Waals surface area (Å²) in [5.74, 6) is 0.999. The van der Waals surface area contributed by atoms with Crippen molar-refractivity contribution in [2.75, 3.05) is 11.9 Å². The number of hydrogen-bond donors (Lipinski definition) is 0. The van der Waals surface area contributed by atoms with Gasteiger partial charge in [0.2, 0.25) is 0 Å². The lowest BCUT2D eigenvalue weighted by atomic mass is 9.86. The largest absolute Gasteiger partial charge is 0.492 e. The van der Waals surface area contributed by atoms with Crippen LogP contribution in [0, 0.1) is 0 Å². The highest BCUT2D eigenvalue weighted by atomic mass is 79.9. The molecule has 1 aromatic rings. The molecule has 1 nitrogen and oxygen atoms in total. The van der Waals surface area contributed by atoms with Crippen molar-refractivity contribution in [3.05, 3.63) is 29.8 Å². The van der Waals surface area contributed by atoms with Crippen molar-refractivity contribution in [3.8, 4) is 5.75 Å². The Morgan fingerprint density at radius 2 is 1.86 bits per heavy atom.